The number of carbonyl (C=O) groups excluding carboxylic acids is 2. The second kappa shape index (κ2) is 8.75. The highest BCUT2D eigenvalue weighted by atomic mass is 19.4. The molecule has 0 aliphatic rings. The lowest BCUT2D eigenvalue weighted by atomic mass is 10.1. The first kappa shape index (κ1) is 19.8. The van der Waals surface area contributed by atoms with Crippen LogP contribution < -0.4 is 9.75 Å². The van der Waals surface area contributed by atoms with Crippen LogP contribution in [0.3, 0.4) is 0 Å². The Labute approximate surface area is 152 Å². The first-order valence-electron chi connectivity index (χ1n) is 7.53. The topological polar surface area (TPSA) is 71.9 Å². The number of aldehydes is 2. The lowest BCUT2D eigenvalue weighted by Crippen LogP contribution is -2.17. The number of allylic oxidation sites excluding steroid dienone is 2. The van der Waals surface area contributed by atoms with Crippen LogP contribution in [0.25, 0.3) is 0 Å². The van der Waals surface area contributed by atoms with E-state index in [1.807, 2.05) is 0 Å². The third-order valence-electron chi connectivity index (χ3n) is 3.24. The molecule has 1 aromatic heterocycles. The van der Waals surface area contributed by atoms with Gasteiger partial charge in [-0.3, -0.25) is 19.6 Å². The molecule has 0 radical (unpaired) electrons. The van der Waals surface area contributed by atoms with E-state index in [1.54, 1.807) is 31.6 Å². The van der Waals surface area contributed by atoms with Crippen molar-refractivity contribution in [2.24, 2.45) is 5.10 Å². The molecule has 0 saturated heterocycles. The molecule has 1 aromatic carbocycles. The third-order valence-corrected chi connectivity index (χ3v) is 3.24. The Morgan fingerprint density at radius 3 is 2.33 bits per heavy atom. The van der Waals surface area contributed by atoms with E-state index >= 15 is 0 Å². The maximum absolute atomic E-state index is 12.3. The van der Waals surface area contributed by atoms with Crippen molar-refractivity contribution in [1.82, 2.24) is 4.98 Å². The number of hydrogen-bond acceptors (Lipinski definition) is 6. The number of ether oxygens (including phenoxy) is 1. The molecule has 2 rings (SSSR count). The average Bonchev–Trinajstić information content (AvgIpc) is 2.65. The van der Waals surface area contributed by atoms with Crippen molar-refractivity contribution in [3.8, 4) is 5.75 Å². The largest absolute Gasteiger partial charge is 0.573 e. The molecule has 0 aliphatic carbocycles. The van der Waals surface area contributed by atoms with Gasteiger partial charge in [-0.2, -0.15) is 5.10 Å². The molecular formula is C18H14F3N3O3. The van der Waals surface area contributed by atoms with Crippen LogP contribution in [-0.4, -0.2) is 36.7 Å². The summed E-state index contributed by atoms with van der Waals surface area (Å²) in [5, 5.41) is 5.76. The molecule has 0 N–H and O–H groups in total. The van der Waals surface area contributed by atoms with Gasteiger partial charge in [-0.15, -0.1) is 13.2 Å². The number of pyridine rings is 1. The van der Waals surface area contributed by atoms with E-state index in [0.717, 1.165) is 12.1 Å². The van der Waals surface area contributed by atoms with Crippen LogP contribution in [0.1, 0.15) is 5.56 Å². The van der Waals surface area contributed by atoms with Gasteiger partial charge in [-0.1, -0.05) is 0 Å². The molecule has 140 valence electrons. The number of hydrogen-bond donors (Lipinski definition) is 0. The zero-order chi connectivity index (χ0) is 19.9. The lowest BCUT2D eigenvalue weighted by molar-refractivity contribution is -0.274. The average molecular weight is 377 g/mol. The van der Waals surface area contributed by atoms with Gasteiger partial charge in [0.2, 0.25) is 0 Å². The maximum Gasteiger partial charge on any atom is 0.573 e. The molecule has 1 heterocycles. The number of nitrogens with zero attached hydrogens (tertiary/aromatic N) is 3. The van der Waals surface area contributed by atoms with Crippen molar-refractivity contribution >= 4 is 24.0 Å². The summed E-state index contributed by atoms with van der Waals surface area (Å²) in [7, 11) is 1.62. The number of hydrazone groups is 1. The number of anilines is 1. The minimum atomic E-state index is -4.80. The molecule has 0 bridgehead atoms. The summed E-state index contributed by atoms with van der Waals surface area (Å²) in [6, 6.07) is 8.32. The molecule has 9 heteroatoms. The van der Waals surface area contributed by atoms with Gasteiger partial charge in [-0.05, 0) is 42.5 Å². The molecule has 0 atom stereocenters. The van der Waals surface area contributed by atoms with E-state index in [0.29, 0.717) is 23.8 Å². The molecule has 0 amide bonds. The first-order valence-corrected chi connectivity index (χ1v) is 7.53. The summed E-state index contributed by atoms with van der Waals surface area (Å²) in [6.45, 7) is 0. The van der Waals surface area contributed by atoms with Gasteiger partial charge in [0.15, 0.2) is 12.6 Å². The quantitative estimate of drug-likeness (QED) is 0.185. The molecule has 0 unspecified atom stereocenters. The molecule has 0 aliphatic heterocycles. The Morgan fingerprint density at radius 1 is 1.15 bits per heavy atom. The fraction of sp³-hybridized carbons (Fsp3) is 0.111. The molecular weight excluding hydrogens is 363 g/mol. The second-order valence-electron chi connectivity index (χ2n) is 5.17. The van der Waals surface area contributed by atoms with Gasteiger partial charge in [0, 0.05) is 18.8 Å². The van der Waals surface area contributed by atoms with Gasteiger partial charge in [0.25, 0.3) is 0 Å². The minimum Gasteiger partial charge on any atom is -0.406 e. The van der Waals surface area contributed by atoms with E-state index < -0.39 is 12.1 Å². The highest BCUT2D eigenvalue weighted by Crippen LogP contribution is 2.23. The summed E-state index contributed by atoms with van der Waals surface area (Å²) in [5.41, 5.74) is 1.01. The predicted octanol–water partition coefficient (Wildman–Crippen LogP) is 3.14. The van der Waals surface area contributed by atoms with Crippen LogP contribution in [0.5, 0.6) is 5.75 Å². The summed E-state index contributed by atoms with van der Waals surface area (Å²) in [6.07, 6.45) is 0.263. The van der Waals surface area contributed by atoms with Gasteiger partial charge >= 0.3 is 6.36 Å². The van der Waals surface area contributed by atoms with Gasteiger partial charge < -0.3 is 4.74 Å². The Kier molecular flexibility index (Phi) is 6.42. The van der Waals surface area contributed by atoms with E-state index in [2.05, 4.69) is 14.8 Å². The fourth-order valence-corrected chi connectivity index (χ4v) is 2.02. The lowest BCUT2D eigenvalue weighted by Gasteiger charge is -2.15. The molecule has 0 fully saturated rings. The van der Waals surface area contributed by atoms with Gasteiger partial charge in [0.05, 0.1) is 23.2 Å². The van der Waals surface area contributed by atoms with E-state index in [4.69, 9.17) is 0 Å². The SMILES string of the molecule is CN(/N=C(\C=C(C=O)C=O)c1ccc(OC(F)(F)F)cc1)c1cccnc1. The Hall–Kier alpha value is -3.49. The zero-order valence-corrected chi connectivity index (χ0v) is 14.1. The van der Waals surface area contributed by atoms with Crippen LogP contribution in [0.4, 0.5) is 18.9 Å². The number of halogens is 3. The number of benzene rings is 1. The Morgan fingerprint density at radius 2 is 1.81 bits per heavy atom. The van der Waals surface area contributed by atoms with Crippen LogP contribution in [0.15, 0.2) is 65.5 Å². The number of rotatable bonds is 7. The first-order chi connectivity index (χ1) is 12.8. The Bertz CT molecular complexity index is 838. The van der Waals surface area contributed by atoms with Crippen LogP contribution in [-0.2, 0) is 9.59 Å². The van der Waals surface area contributed by atoms with Crippen molar-refractivity contribution in [2.75, 3.05) is 12.1 Å². The fourth-order valence-electron chi connectivity index (χ4n) is 2.02. The second-order valence-corrected chi connectivity index (χ2v) is 5.17. The van der Waals surface area contributed by atoms with Crippen molar-refractivity contribution in [2.45, 2.75) is 6.36 Å². The molecule has 27 heavy (non-hydrogen) atoms. The summed E-state index contributed by atoms with van der Waals surface area (Å²) in [4.78, 5) is 25.9. The van der Waals surface area contributed by atoms with Crippen LogP contribution in [0, 0.1) is 0 Å². The highest BCUT2D eigenvalue weighted by molar-refractivity contribution is 6.15. The monoisotopic (exact) mass is 377 g/mol. The Balaban J connectivity index is 2.41. The minimum absolute atomic E-state index is 0.177. The van der Waals surface area contributed by atoms with Crippen LogP contribution >= 0.6 is 0 Å². The molecule has 2 aromatic rings. The number of carbonyl (C=O) groups is 2. The van der Waals surface area contributed by atoms with E-state index in [-0.39, 0.29) is 11.3 Å². The summed E-state index contributed by atoms with van der Waals surface area (Å²) >= 11 is 0. The van der Waals surface area contributed by atoms with Crippen LogP contribution in [0.2, 0.25) is 0 Å². The summed E-state index contributed by atoms with van der Waals surface area (Å²) < 4.78 is 40.7. The van der Waals surface area contributed by atoms with Crippen molar-refractivity contribution in [1.29, 1.82) is 0 Å². The smallest absolute Gasteiger partial charge is 0.406 e. The van der Waals surface area contributed by atoms with Crippen molar-refractivity contribution in [3.63, 3.8) is 0 Å². The zero-order valence-electron chi connectivity index (χ0n) is 14.1. The molecule has 0 spiro atoms. The van der Waals surface area contributed by atoms with Gasteiger partial charge in [-0.25, -0.2) is 0 Å². The molecule has 0 saturated carbocycles. The third kappa shape index (κ3) is 6.07. The van der Waals surface area contributed by atoms with Crippen molar-refractivity contribution < 1.29 is 27.5 Å². The number of aromatic nitrogens is 1. The van der Waals surface area contributed by atoms with E-state index in [1.165, 1.54) is 23.2 Å². The standard InChI is InChI=1S/C18H14F3N3O3/c1-24(15-3-2-8-22-10-15)23-17(9-13(11-25)12-26)14-4-6-16(7-5-14)27-18(19,20)21/h2-12H,1H3/b23-17+. The highest BCUT2D eigenvalue weighted by Gasteiger charge is 2.31. The molecule has 6 nitrogen and oxygen atoms in total. The van der Waals surface area contributed by atoms with Crippen molar-refractivity contribution in [3.05, 3.63) is 66.0 Å². The summed E-state index contributed by atoms with van der Waals surface area (Å²) in [5.74, 6) is -0.402. The van der Waals surface area contributed by atoms with E-state index in [9.17, 15) is 22.8 Å². The van der Waals surface area contributed by atoms with Gasteiger partial charge in [0.1, 0.15) is 5.75 Å². The maximum atomic E-state index is 12.3. The predicted molar refractivity (Wildman–Crippen MR) is 92.5 cm³/mol. The normalized spacial score (nSPS) is 11.5. The number of alkyl halides is 3.